The Morgan fingerprint density at radius 2 is 1.95 bits per heavy atom. The molecular formula is C19H24O2S. The Morgan fingerprint density at radius 1 is 1.27 bits per heavy atom. The topological polar surface area (TPSA) is 37.3 Å². The Balaban J connectivity index is 1.97. The highest BCUT2D eigenvalue weighted by Gasteiger charge is 2.57. The summed E-state index contributed by atoms with van der Waals surface area (Å²) in [6.45, 7) is 6.27. The fourth-order valence-electron chi connectivity index (χ4n) is 3.99. The van der Waals surface area contributed by atoms with E-state index in [2.05, 4.69) is 13.2 Å². The molecule has 2 aliphatic carbocycles. The highest BCUT2D eigenvalue weighted by Crippen LogP contribution is 2.61. The lowest BCUT2D eigenvalue weighted by Crippen LogP contribution is -2.29. The van der Waals surface area contributed by atoms with Gasteiger partial charge in [-0.05, 0) is 49.5 Å². The van der Waals surface area contributed by atoms with Crippen LogP contribution in [0.1, 0.15) is 42.9 Å². The number of allylic oxidation sites excluding steroid dienone is 2. The zero-order valence-corrected chi connectivity index (χ0v) is 14.6. The number of benzene rings is 1. The van der Waals surface area contributed by atoms with Crippen LogP contribution in [0.5, 0.6) is 0 Å². The quantitative estimate of drug-likeness (QED) is 0.878. The standard InChI is InChI=1S/C19H24O2S/c1-11-5-6-12(2)15(7-11)18-16(20)8-14(9-17(18)21)19(22-4)10-13(19)3/h5-7,13-14,20H,8-10H2,1-4H3. The van der Waals surface area contributed by atoms with E-state index in [0.29, 0.717) is 30.1 Å². The monoisotopic (exact) mass is 316 g/mol. The molecule has 3 heteroatoms. The minimum atomic E-state index is 0.106. The Bertz CT molecular complexity index is 657. The van der Waals surface area contributed by atoms with Gasteiger partial charge in [-0.2, -0.15) is 11.8 Å². The fraction of sp³-hybridized carbons (Fsp3) is 0.526. The largest absolute Gasteiger partial charge is 0.512 e. The SMILES string of the molecule is CSC1(C2CC(=O)C(c3cc(C)ccc3C)=C(O)C2)CC1C. The normalized spacial score (nSPS) is 31.5. The van der Waals surface area contributed by atoms with Crippen LogP contribution in [-0.4, -0.2) is 21.9 Å². The van der Waals surface area contributed by atoms with Crippen LogP contribution in [0, 0.1) is 25.7 Å². The first-order chi connectivity index (χ1) is 10.4. The molecule has 0 amide bonds. The van der Waals surface area contributed by atoms with Crippen LogP contribution in [0.15, 0.2) is 24.0 Å². The molecule has 2 nitrogen and oxygen atoms in total. The van der Waals surface area contributed by atoms with Gasteiger partial charge in [0.05, 0.1) is 5.57 Å². The molecular weight excluding hydrogens is 292 g/mol. The molecule has 22 heavy (non-hydrogen) atoms. The number of Topliss-reactive ketones (excluding diaryl/α,β-unsaturated/α-hetero) is 1. The van der Waals surface area contributed by atoms with E-state index in [-0.39, 0.29) is 16.4 Å². The highest BCUT2D eigenvalue weighted by molar-refractivity contribution is 8.00. The molecule has 0 heterocycles. The summed E-state index contributed by atoms with van der Waals surface area (Å²) >= 11 is 1.87. The van der Waals surface area contributed by atoms with Crippen molar-refractivity contribution in [2.45, 2.75) is 44.8 Å². The van der Waals surface area contributed by atoms with Crippen LogP contribution in [0.2, 0.25) is 0 Å². The summed E-state index contributed by atoms with van der Waals surface area (Å²) in [6, 6.07) is 6.08. The van der Waals surface area contributed by atoms with Gasteiger partial charge < -0.3 is 5.11 Å². The molecule has 0 spiro atoms. The van der Waals surface area contributed by atoms with Gasteiger partial charge in [0.1, 0.15) is 5.76 Å². The molecule has 3 rings (SSSR count). The van der Waals surface area contributed by atoms with Crippen molar-refractivity contribution in [2.24, 2.45) is 11.8 Å². The average molecular weight is 316 g/mol. The molecule has 3 unspecified atom stereocenters. The van der Waals surface area contributed by atoms with Gasteiger partial charge in [0.15, 0.2) is 5.78 Å². The third kappa shape index (κ3) is 2.40. The number of hydrogen-bond acceptors (Lipinski definition) is 3. The molecule has 0 radical (unpaired) electrons. The summed E-state index contributed by atoms with van der Waals surface area (Å²) in [5.74, 6) is 1.33. The maximum Gasteiger partial charge on any atom is 0.167 e. The zero-order valence-electron chi connectivity index (χ0n) is 13.8. The molecule has 3 atom stereocenters. The predicted octanol–water partition coefficient (Wildman–Crippen LogP) is 4.69. The molecule has 118 valence electrons. The summed E-state index contributed by atoms with van der Waals surface area (Å²) in [5, 5.41) is 10.6. The number of rotatable bonds is 3. The summed E-state index contributed by atoms with van der Waals surface area (Å²) in [5.41, 5.74) is 3.63. The van der Waals surface area contributed by atoms with Crippen LogP contribution in [0.4, 0.5) is 0 Å². The molecule has 0 bridgehead atoms. The Kier molecular flexibility index (Phi) is 3.88. The van der Waals surface area contributed by atoms with Crippen molar-refractivity contribution in [1.29, 1.82) is 0 Å². The van der Waals surface area contributed by atoms with Crippen LogP contribution in [0.25, 0.3) is 5.57 Å². The summed E-state index contributed by atoms with van der Waals surface area (Å²) in [7, 11) is 0. The fourth-order valence-corrected chi connectivity index (χ4v) is 5.31. The van der Waals surface area contributed by atoms with Crippen molar-refractivity contribution in [3.8, 4) is 0 Å². The lowest BCUT2D eigenvalue weighted by Gasteiger charge is -2.30. The first-order valence-electron chi connectivity index (χ1n) is 7.97. The van der Waals surface area contributed by atoms with E-state index in [1.165, 1.54) is 0 Å². The maximum absolute atomic E-state index is 12.7. The third-order valence-electron chi connectivity index (χ3n) is 5.47. The molecule has 1 saturated carbocycles. The van der Waals surface area contributed by atoms with Gasteiger partial charge in [0.2, 0.25) is 0 Å². The number of aryl methyl sites for hydroxylation is 2. The van der Waals surface area contributed by atoms with Crippen LogP contribution < -0.4 is 0 Å². The van der Waals surface area contributed by atoms with Crippen molar-refractivity contribution >= 4 is 23.1 Å². The van der Waals surface area contributed by atoms with Gasteiger partial charge in [-0.1, -0.05) is 30.7 Å². The first kappa shape index (κ1) is 15.7. The van der Waals surface area contributed by atoms with Crippen molar-refractivity contribution in [2.75, 3.05) is 6.26 Å². The number of carbonyl (C=O) groups excluding carboxylic acids is 1. The molecule has 0 saturated heterocycles. The van der Waals surface area contributed by atoms with E-state index >= 15 is 0 Å². The van der Waals surface area contributed by atoms with E-state index < -0.39 is 0 Å². The third-order valence-corrected chi connectivity index (χ3v) is 7.13. The van der Waals surface area contributed by atoms with Crippen molar-refractivity contribution in [3.05, 3.63) is 40.6 Å². The molecule has 0 aromatic heterocycles. The minimum Gasteiger partial charge on any atom is -0.512 e. The number of ketones is 1. The Morgan fingerprint density at radius 3 is 2.50 bits per heavy atom. The van der Waals surface area contributed by atoms with Gasteiger partial charge in [0.25, 0.3) is 0 Å². The van der Waals surface area contributed by atoms with E-state index in [1.54, 1.807) is 0 Å². The minimum absolute atomic E-state index is 0.106. The second-order valence-corrected chi connectivity index (χ2v) is 8.10. The van der Waals surface area contributed by atoms with Crippen LogP contribution >= 0.6 is 11.8 Å². The van der Waals surface area contributed by atoms with E-state index in [4.69, 9.17) is 0 Å². The molecule has 1 N–H and O–H groups in total. The molecule has 1 aromatic rings. The summed E-state index contributed by atoms with van der Waals surface area (Å²) < 4.78 is 0.205. The predicted molar refractivity (Wildman–Crippen MR) is 93.2 cm³/mol. The van der Waals surface area contributed by atoms with Crippen molar-refractivity contribution in [1.82, 2.24) is 0 Å². The van der Waals surface area contributed by atoms with E-state index in [0.717, 1.165) is 23.1 Å². The van der Waals surface area contributed by atoms with Gasteiger partial charge in [-0.3, -0.25) is 4.79 Å². The van der Waals surface area contributed by atoms with Crippen molar-refractivity contribution in [3.63, 3.8) is 0 Å². The van der Waals surface area contributed by atoms with Gasteiger partial charge in [-0.25, -0.2) is 0 Å². The number of aliphatic hydroxyl groups excluding tert-OH is 1. The second-order valence-electron chi connectivity index (χ2n) is 6.93. The van der Waals surface area contributed by atoms with Gasteiger partial charge in [0, 0.05) is 17.6 Å². The van der Waals surface area contributed by atoms with E-state index in [1.807, 2.05) is 43.8 Å². The van der Waals surface area contributed by atoms with Gasteiger partial charge >= 0.3 is 0 Å². The molecule has 0 aliphatic heterocycles. The molecule has 1 fully saturated rings. The smallest absolute Gasteiger partial charge is 0.167 e. The number of hydrogen-bond donors (Lipinski definition) is 1. The second kappa shape index (κ2) is 5.45. The molecule has 2 aliphatic rings. The Labute approximate surface area is 137 Å². The molecule has 1 aromatic carbocycles. The van der Waals surface area contributed by atoms with Gasteiger partial charge in [-0.15, -0.1) is 0 Å². The number of aliphatic hydroxyl groups is 1. The maximum atomic E-state index is 12.7. The van der Waals surface area contributed by atoms with Crippen LogP contribution in [-0.2, 0) is 4.79 Å². The van der Waals surface area contributed by atoms with Crippen molar-refractivity contribution < 1.29 is 9.90 Å². The average Bonchev–Trinajstić information content (AvgIpc) is 3.14. The summed E-state index contributed by atoms with van der Waals surface area (Å²) in [6.07, 6.45) is 4.50. The lowest BCUT2D eigenvalue weighted by molar-refractivity contribution is -0.115. The van der Waals surface area contributed by atoms with E-state index in [9.17, 15) is 9.90 Å². The summed E-state index contributed by atoms with van der Waals surface area (Å²) in [4.78, 5) is 12.7. The Hall–Kier alpha value is -1.22. The van der Waals surface area contributed by atoms with Crippen LogP contribution in [0.3, 0.4) is 0 Å². The number of thioether (sulfide) groups is 1. The highest BCUT2D eigenvalue weighted by atomic mass is 32.2. The lowest BCUT2D eigenvalue weighted by atomic mass is 9.80. The first-order valence-corrected chi connectivity index (χ1v) is 9.19. The zero-order chi connectivity index (χ0) is 16.1. The number of carbonyl (C=O) groups is 1.